The van der Waals surface area contributed by atoms with Crippen molar-refractivity contribution in [2.45, 2.75) is 6.92 Å². The molecule has 0 saturated heterocycles. The predicted octanol–water partition coefficient (Wildman–Crippen LogP) is 2.12. The van der Waals surface area contributed by atoms with Crippen molar-refractivity contribution in [3.05, 3.63) is 54.0 Å². The molecule has 1 N–H and O–H groups in total. The summed E-state index contributed by atoms with van der Waals surface area (Å²) in [6, 6.07) is 8.95. The van der Waals surface area contributed by atoms with E-state index in [4.69, 9.17) is 9.26 Å². The Bertz CT molecular complexity index is 948. The van der Waals surface area contributed by atoms with E-state index in [0.29, 0.717) is 11.4 Å². The summed E-state index contributed by atoms with van der Waals surface area (Å²) < 4.78 is 9.67. The first-order valence-electron chi connectivity index (χ1n) is 7.40. The van der Waals surface area contributed by atoms with Gasteiger partial charge in [0.2, 0.25) is 5.88 Å². The summed E-state index contributed by atoms with van der Waals surface area (Å²) in [5.74, 6) is -0.997. The lowest BCUT2D eigenvalue weighted by Gasteiger charge is -2.01. The molecule has 0 unspecified atom stereocenters. The number of nitrogens with zero attached hydrogens (tertiary/aromatic N) is 3. The molecule has 8 nitrogen and oxygen atoms in total. The Labute approximate surface area is 142 Å². The van der Waals surface area contributed by atoms with Crippen molar-refractivity contribution in [1.29, 1.82) is 0 Å². The number of hydrogen-bond donors (Lipinski definition) is 1. The number of rotatable bonds is 5. The second kappa shape index (κ2) is 7.35. The average Bonchev–Trinajstić information content (AvgIpc) is 3.02. The summed E-state index contributed by atoms with van der Waals surface area (Å²) in [5.41, 5.74) is 2.63. The summed E-state index contributed by atoms with van der Waals surface area (Å²) in [5, 5.41) is 6.05. The maximum Gasteiger partial charge on any atom is 0.331 e. The van der Waals surface area contributed by atoms with Gasteiger partial charge in [0.25, 0.3) is 5.91 Å². The Balaban J connectivity index is 1.52. The van der Waals surface area contributed by atoms with Crippen LogP contribution in [0.2, 0.25) is 0 Å². The summed E-state index contributed by atoms with van der Waals surface area (Å²) in [6.07, 6.45) is 4.20. The maximum absolute atomic E-state index is 11.7. The molecule has 0 saturated carbocycles. The zero-order valence-corrected chi connectivity index (χ0v) is 13.3. The lowest BCUT2D eigenvalue weighted by molar-refractivity contribution is -0.142. The van der Waals surface area contributed by atoms with Crippen LogP contribution in [-0.2, 0) is 14.3 Å². The maximum atomic E-state index is 11.7. The van der Waals surface area contributed by atoms with Gasteiger partial charge < -0.3 is 9.26 Å². The third-order valence-corrected chi connectivity index (χ3v) is 3.09. The number of carbonyl (C=O) groups is 2. The van der Waals surface area contributed by atoms with Crippen LogP contribution in [0.1, 0.15) is 11.4 Å². The van der Waals surface area contributed by atoms with Crippen LogP contribution in [-0.4, -0.2) is 33.6 Å². The molecule has 1 aromatic carbocycles. The second-order valence-corrected chi connectivity index (χ2v) is 5.11. The quantitative estimate of drug-likeness (QED) is 0.561. The molecule has 25 heavy (non-hydrogen) atoms. The number of aromatic nitrogens is 3. The number of nitrogens with one attached hydrogen (secondary N) is 1. The molecule has 0 atom stereocenters. The SMILES string of the molecule is Cc1cc(NC(=O)COC(=O)C=Cc2cnc3ccccc3n2)on1. The van der Waals surface area contributed by atoms with Gasteiger partial charge in [-0.15, -0.1) is 0 Å². The number of hydrogen-bond acceptors (Lipinski definition) is 7. The number of carbonyl (C=O) groups excluding carboxylic acids is 2. The minimum absolute atomic E-state index is 0.195. The Morgan fingerprint density at radius 1 is 1.28 bits per heavy atom. The molecule has 0 spiro atoms. The summed E-state index contributed by atoms with van der Waals surface area (Å²) in [6.45, 7) is 1.28. The van der Waals surface area contributed by atoms with Crippen LogP contribution in [0.3, 0.4) is 0 Å². The van der Waals surface area contributed by atoms with Crippen LogP contribution in [0.4, 0.5) is 5.88 Å². The second-order valence-electron chi connectivity index (χ2n) is 5.11. The Hall–Kier alpha value is -3.55. The van der Waals surface area contributed by atoms with E-state index in [0.717, 1.165) is 11.0 Å². The number of esters is 1. The molecule has 1 amide bonds. The van der Waals surface area contributed by atoms with Crippen LogP contribution >= 0.6 is 0 Å². The van der Waals surface area contributed by atoms with Gasteiger partial charge >= 0.3 is 5.97 Å². The smallest absolute Gasteiger partial charge is 0.331 e. The van der Waals surface area contributed by atoms with Crippen molar-refractivity contribution in [2.24, 2.45) is 0 Å². The van der Waals surface area contributed by atoms with Crippen molar-refractivity contribution >= 4 is 34.9 Å². The molecule has 8 heteroatoms. The van der Waals surface area contributed by atoms with Crippen molar-refractivity contribution in [3.8, 4) is 0 Å². The number of aryl methyl sites for hydroxylation is 1. The molecule has 0 bridgehead atoms. The molecule has 2 heterocycles. The Kier molecular flexibility index (Phi) is 4.79. The van der Waals surface area contributed by atoms with Gasteiger partial charge in [0.15, 0.2) is 6.61 Å². The van der Waals surface area contributed by atoms with Crippen LogP contribution < -0.4 is 5.32 Å². The molecule has 0 aliphatic heterocycles. The monoisotopic (exact) mass is 338 g/mol. The number of ether oxygens (including phenoxy) is 1. The highest BCUT2D eigenvalue weighted by Crippen LogP contribution is 2.09. The van der Waals surface area contributed by atoms with E-state index >= 15 is 0 Å². The van der Waals surface area contributed by atoms with E-state index in [9.17, 15) is 9.59 Å². The molecule has 126 valence electrons. The van der Waals surface area contributed by atoms with Crippen LogP contribution in [0.15, 0.2) is 47.1 Å². The average molecular weight is 338 g/mol. The molecule has 3 rings (SSSR count). The largest absolute Gasteiger partial charge is 0.452 e. The van der Waals surface area contributed by atoms with Crippen molar-refractivity contribution in [1.82, 2.24) is 15.1 Å². The van der Waals surface area contributed by atoms with Crippen LogP contribution in [0.5, 0.6) is 0 Å². The van der Waals surface area contributed by atoms with E-state index in [1.807, 2.05) is 24.3 Å². The van der Waals surface area contributed by atoms with Gasteiger partial charge in [-0.25, -0.2) is 9.78 Å². The summed E-state index contributed by atoms with van der Waals surface area (Å²) >= 11 is 0. The fourth-order valence-corrected chi connectivity index (χ4v) is 1.99. The van der Waals surface area contributed by atoms with E-state index in [1.165, 1.54) is 12.2 Å². The first kappa shape index (κ1) is 16.3. The Morgan fingerprint density at radius 3 is 2.84 bits per heavy atom. The molecule has 0 aliphatic rings. The number of fused-ring (bicyclic) bond motifs is 1. The third kappa shape index (κ3) is 4.47. The summed E-state index contributed by atoms with van der Waals surface area (Å²) in [7, 11) is 0. The molecule has 3 aromatic rings. The first-order valence-corrected chi connectivity index (χ1v) is 7.40. The van der Waals surface area contributed by atoms with Crippen LogP contribution in [0.25, 0.3) is 17.1 Å². The standard InChI is InChI=1S/C17H14N4O4/c1-11-8-16(25-21-11)20-15(22)10-24-17(23)7-6-12-9-18-13-4-2-3-5-14(13)19-12/h2-9H,10H2,1H3,(H,20,22). The van der Waals surface area contributed by atoms with Crippen LogP contribution in [0, 0.1) is 6.92 Å². The fraction of sp³-hybridized carbons (Fsp3) is 0.118. The van der Waals surface area contributed by atoms with Crippen molar-refractivity contribution < 1.29 is 18.8 Å². The normalized spacial score (nSPS) is 10.9. The summed E-state index contributed by atoms with van der Waals surface area (Å²) in [4.78, 5) is 31.9. The predicted molar refractivity (Wildman–Crippen MR) is 89.4 cm³/mol. The van der Waals surface area contributed by atoms with E-state index in [1.54, 1.807) is 19.2 Å². The topological polar surface area (TPSA) is 107 Å². The number of para-hydroxylation sites is 2. The van der Waals surface area contributed by atoms with E-state index in [2.05, 4.69) is 20.4 Å². The van der Waals surface area contributed by atoms with Crippen molar-refractivity contribution in [3.63, 3.8) is 0 Å². The zero-order chi connectivity index (χ0) is 17.6. The van der Waals surface area contributed by atoms with Crippen molar-refractivity contribution in [2.75, 3.05) is 11.9 Å². The lowest BCUT2D eigenvalue weighted by atomic mass is 10.3. The highest BCUT2D eigenvalue weighted by molar-refractivity contribution is 5.93. The number of benzene rings is 1. The highest BCUT2D eigenvalue weighted by Gasteiger charge is 2.08. The zero-order valence-electron chi connectivity index (χ0n) is 13.3. The molecule has 0 radical (unpaired) electrons. The molecular formula is C17H14N4O4. The highest BCUT2D eigenvalue weighted by atomic mass is 16.5. The van der Waals surface area contributed by atoms with Gasteiger partial charge in [-0.1, -0.05) is 17.3 Å². The molecular weight excluding hydrogens is 324 g/mol. The molecule has 2 aromatic heterocycles. The van der Waals surface area contributed by atoms with Gasteiger partial charge in [-0.05, 0) is 25.1 Å². The Morgan fingerprint density at radius 2 is 2.08 bits per heavy atom. The fourth-order valence-electron chi connectivity index (χ4n) is 1.99. The first-order chi connectivity index (χ1) is 12.1. The number of amides is 1. The number of anilines is 1. The van der Waals surface area contributed by atoms with E-state index in [-0.39, 0.29) is 5.88 Å². The van der Waals surface area contributed by atoms with Gasteiger partial charge in [0, 0.05) is 12.1 Å². The molecule has 0 aliphatic carbocycles. The third-order valence-electron chi connectivity index (χ3n) is 3.09. The van der Waals surface area contributed by atoms with Gasteiger partial charge in [-0.3, -0.25) is 15.1 Å². The minimum Gasteiger partial charge on any atom is -0.452 e. The lowest BCUT2D eigenvalue weighted by Crippen LogP contribution is -2.19. The van der Waals surface area contributed by atoms with Gasteiger partial charge in [0.1, 0.15) is 0 Å². The van der Waals surface area contributed by atoms with Gasteiger partial charge in [0.05, 0.1) is 28.6 Å². The molecule has 0 fully saturated rings. The van der Waals surface area contributed by atoms with Gasteiger partial charge in [-0.2, -0.15) is 0 Å². The van der Waals surface area contributed by atoms with E-state index < -0.39 is 18.5 Å². The minimum atomic E-state index is -0.668.